The van der Waals surface area contributed by atoms with Gasteiger partial charge in [0.15, 0.2) is 0 Å². The topological polar surface area (TPSA) is 128 Å². The Morgan fingerprint density at radius 2 is 0.797 bits per heavy atom. The normalized spacial score (nSPS) is 21.4. The van der Waals surface area contributed by atoms with Crippen LogP contribution in [-0.2, 0) is 73.7 Å². The minimum absolute atomic E-state index is 0.0853. The molecule has 15 heteroatoms. The lowest BCUT2D eigenvalue weighted by molar-refractivity contribution is -0.295. The molecule has 0 saturated heterocycles. The number of ether oxygens (including phenoxy) is 8. The monoisotopic (exact) mass is 854 g/mol. The van der Waals surface area contributed by atoms with Gasteiger partial charge in [0.1, 0.15) is 63.8 Å². The van der Waals surface area contributed by atoms with Gasteiger partial charge in [0.25, 0.3) is 8.32 Å². The molecule has 6 atom stereocenters. The first kappa shape index (κ1) is 46.9. The molecule has 4 aromatic carbocycles. The Hall–Kier alpha value is -3.15. The van der Waals surface area contributed by atoms with Gasteiger partial charge >= 0.3 is 7.82 Å². The third-order valence-electron chi connectivity index (χ3n) is 9.90. The van der Waals surface area contributed by atoms with Crippen molar-refractivity contribution in [2.75, 3.05) is 55.6 Å². The molecule has 322 valence electrons. The summed E-state index contributed by atoms with van der Waals surface area (Å²) in [4.78, 5) is 0. The minimum Gasteiger partial charge on any atom is -0.399 e. The summed E-state index contributed by atoms with van der Waals surface area (Å²) < 4.78 is 90.1. The molecule has 0 radical (unpaired) electrons. The molecule has 0 N–H and O–H groups in total. The van der Waals surface area contributed by atoms with E-state index in [1.54, 1.807) is 0 Å². The standard InChI is InChI=1S/C44H59O13PSi/c1-44(2,3)59(36-24-16-10-17-25-36,37-26-18-11-19-27-37)57-43-40(52-32-48-6)38(50-30-46-4)39(51-31-47-5)42(41(43)53-33-49-7)56-58(45,54-28-34-20-12-8-13-21-34)55-29-35-22-14-9-15-23-35/h8-27,38-43H,28-33H2,1-7H3/t38-,39-,40-,41-,42+,43-/m1/s1. The molecular formula is C44H59O13PSi. The van der Waals surface area contributed by atoms with Crippen LogP contribution in [0.2, 0.25) is 5.04 Å². The highest BCUT2D eigenvalue weighted by atomic mass is 31.2. The molecule has 0 amide bonds. The van der Waals surface area contributed by atoms with Gasteiger partial charge in [-0.05, 0) is 26.5 Å². The highest BCUT2D eigenvalue weighted by Gasteiger charge is 2.61. The van der Waals surface area contributed by atoms with E-state index in [1.807, 2.05) is 97.1 Å². The van der Waals surface area contributed by atoms with Crippen molar-refractivity contribution in [3.8, 4) is 0 Å². The fraction of sp³-hybridized carbons (Fsp3) is 0.455. The van der Waals surface area contributed by atoms with Gasteiger partial charge in [0.05, 0.1) is 13.2 Å². The lowest BCUT2D eigenvalue weighted by Crippen LogP contribution is -2.74. The van der Waals surface area contributed by atoms with Gasteiger partial charge in [0, 0.05) is 28.4 Å². The van der Waals surface area contributed by atoms with E-state index in [-0.39, 0.29) is 40.4 Å². The zero-order chi connectivity index (χ0) is 42.1. The van der Waals surface area contributed by atoms with E-state index in [0.29, 0.717) is 0 Å². The second-order valence-corrected chi connectivity index (χ2v) is 20.8. The second kappa shape index (κ2) is 23.2. The minimum atomic E-state index is -4.52. The molecule has 1 fully saturated rings. The molecule has 0 unspecified atom stereocenters. The predicted molar refractivity (Wildman–Crippen MR) is 224 cm³/mol. The first-order valence-corrected chi connectivity index (χ1v) is 22.8. The largest absolute Gasteiger partial charge is 0.475 e. The van der Waals surface area contributed by atoms with Crippen molar-refractivity contribution in [2.45, 2.75) is 75.6 Å². The molecule has 1 aliphatic rings. The summed E-state index contributed by atoms with van der Waals surface area (Å²) in [5.74, 6) is 0. The van der Waals surface area contributed by atoms with Crippen molar-refractivity contribution >= 4 is 26.5 Å². The number of phosphoric acid groups is 1. The lowest BCUT2D eigenvalue weighted by atomic mass is 9.84. The number of methoxy groups -OCH3 is 4. The number of phosphoric ester groups is 1. The summed E-state index contributed by atoms with van der Waals surface area (Å²) in [6.07, 6.45) is -6.46. The highest BCUT2D eigenvalue weighted by Crippen LogP contribution is 2.55. The molecule has 1 saturated carbocycles. The van der Waals surface area contributed by atoms with Crippen LogP contribution < -0.4 is 10.4 Å². The van der Waals surface area contributed by atoms with Gasteiger partial charge < -0.3 is 42.3 Å². The molecule has 5 rings (SSSR count). The van der Waals surface area contributed by atoms with Crippen molar-refractivity contribution in [3.05, 3.63) is 132 Å². The molecule has 0 heterocycles. The Morgan fingerprint density at radius 3 is 1.15 bits per heavy atom. The van der Waals surface area contributed by atoms with Crippen molar-refractivity contribution < 1.29 is 60.5 Å². The predicted octanol–water partition coefficient (Wildman–Crippen LogP) is 6.83. The summed E-state index contributed by atoms with van der Waals surface area (Å²) in [6.45, 7) is 5.61. The Bertz CT molecular complexity index is 1720. The summed E-state index contributed by atoms with van der Waals surface area (Å²) >= 11 is 0. The van der Waals surface area contributed by atoms with Crippen LogP contribution in [0.4, 0.5) is 0 Å². The van der Waals surface area contributed by atoms with Gasteiger partial charge in [-0.1, -0.05) is 142 Å². The Morgan fingerprint density at radius 1 is 0.475 bits per heavy atom. The Kier molecular flexibility index (Phi) is 18.4. The highest BCUT2D eigenvalue weighted by molar-refractivity contribution is 7.48. The van der Waals surface area contributed by atoms with Gasteiger partial charge in [-0.2, -0.15) is 0 Å². The molecule has 0 bridgehead atoms. The van der Waals surface area contributed by atoms with E-state index in [4.69, 9.17) is 55.9 Å². The van der Waals surface area contributed by atoms with E-state index in [0.717, 1.165) is 21.5 Å². The van der Waals surface area contributed by atoms with Crippen LogP contribution in [0.1, 0.15) is 31.9 Å². The molecule has 0 spiro atoms. The van der Waals surface area contributed by atoms with Crippen LogP contribution in [-0.4, -0.2) is 101 Å². The zero-order valence-electron chi connectivity index (χ0n) is 35.0. The molecule has 1 aliphatic carbocycles. The number of rotatable bonds is 24. The summed E-state index contributed by atoms with van der Waals surface area (Å²) in [7, 11) is -1.87. The van der Waals surface area contributed by atoms with Crippen LogP contribution in [0.15, 0.2) is 121 Å². The number of hydrogen-bond acceptors (Lipinski definition) is 13. The van der Waals surface area contributed by atoms with Crippen LogP contribution in [0.25, 0.3) is 0 Å². The van der Waals surface area contributed by atoms with E-state index in [1.165, 1.54) is 28.4 Å². The molecular weight excluding hydrogens is 796 g/mol. The van der Waals surface area contributed by atoms with Gasteiger partial charge in [-0.15, -0.1) is 0 Å². The summed E-state index contributed by atoms with van der Waals surface area (Å²) in [6, 6.07) is 39.0. The fourth-order valence-corrected chi connectivity index (χ4v) is 13.4. The van der Waals surface area contributed by atoms with Crippen molar-refractivity contribution in [3.63, 3.8) is 0 Å². The van der Waals surface area contributed by atoms with E-state index >= 15 is 4.57 Å². The van der Waals surface area contributed by atoms with Crippen molar-refractivity contribution in [1.29, 1.82) is 0 Å². The van der Waals surface area contributed by atoms with E-state index < -0.39 is 57.8 Å². The SMILES string of the molecule is COCO[C@H]1[C@@H](OCOC)[C@@H](O[Si](c2ccccc2)(c2ccccc2)C(C)(C)C)[C@H](OCOC)[C@@H](OP(=O)(OCc2ccccc2)OCc2ccccc2)[C@@H]1OCOC. The summed E-state index contributed by atoms with van der Waals surface area (Å²) in [5, 5.41) is 1.52. The lowest BCUT2D eigenvalue weighted by Gasteiger charge is -2.53. The second-order valence-electron chi connectivity index (χ2n) is 14.9. The van der Waals surface area contributed by atoms with Crippen molar-refractivity contribution in [2.24, 2.45) is 0 Å². The fourth-order valence-electron chi connectivity index (χ4n) is 7.32. The van der Waals surface area contributed by atoms with Crippen LogP contribution in [0, 0.1) is 0 Å². The van der Waals surface area contributed by atoms with Crippen LogP contribution >= 0.6 is 7.82 Å². The molecule has 0 aliphatic heterocycles. The maximum Gasteiger partial charge on any atom is 0.475 e. The maximum absolute atomic E-state index is 15.2. The molecule has 0 aromatic heterocycles. The smallest absolute Gasteiger partial charge is 0.399 e. The average molecular weight is 855 g/mol. The maximum atomic E-state index is 15.2. The quantitative estimate of drug-likeness (QED) is 0.0416. The van der Waals surface area contributed by atoms with E-state index in [9.17, 15) is 0 Å². The molecule has 13 nitrogen and oxygen atoms in total. The van der Waals surface area contributed by atoms with Gasteiger partial charge in [0.2, 0.25) is 0 Å². The Labute approximate surface area is 349 Å². The Balaban J connectivity index is 1.72. The van der Waals surface area contributed by atoms with Gasteiger partial charge in [-0.25, -0.2) is 4.57 Å². The summed E-state index contributed by atoms with van der Waals surface area (Å²) in [5.41, 5.74) is 1.51. The third-order valence-corrected chi connectivity index (χ3v) is 16.3. The zero-order valence-corrected chi connectivity index (χ0v) is 36.9. The number of hydrogen-bond donors (Lipinski definition) is 0. The van der Waals surface area contributed by atoms with E-state index in [2.05, 4.69) is 45.0 Å². The molecule has 59 heavy (non-hydrogen) atoms. The van der Waals surface area contributed by atoms with Crippen molar-refractivity contribution in [1.82, 2.24) is 0 Å². The number of benzene rings is 4. The first-order chi connectivity index (χ1) is 28.6. The van der Waals surface area contributed by atoms with Crippen LogP contribution in [0.3, 0.4) is 0 Å². The average Bonchev–Trinajstić information content (AvgIpc) is 3.26. The molecule has 4 aromatic rings. The van der Waals surface area contributed by atoms with Crippen LogP contribution in [0.5, 0.6) is 0 Å². The van der Waals surface area contributed by atoms with Gasteiger partial charge in [-0.3, -0.25) is 13.6 Å². The first-order valence-electron chi connectivity index (χ1n) is 19.5. The third kappa shape index (κ3) is 12.2.